The monoisotopic (exact) mass is 200 g/mol. The zero-order chi connectivity index (χ0) is 11.8. The van der Waals surface area contributed by atoms with Gasteiger partial charge in [0.1, 0.15) is 0 Å². The Balaban J connectivity index is 5.02. The van der Waals surface area contributed by atoms with Crippen LogP contribution in [0.25, 0.3) is 0 Å². The molecule has 0 nitrogen and oxygen atoms in total. The van der Waals surface area contributed by atoms with Crippen LogP contribution in [0.4, 0.5) is 0 Å². The van der Waals surface area contributed by atoms with Crippen LogP contribution in [0.5, 0.6) is 0 Å². The molecule has 0 aromatic carbocycles. The van der Waals surface area contributed by atoms with Crippen molar-refractivity contribution in [3.63, 3.8) is 0 Å². The molecule has 0 aliphatic heterocycles. The molecule has 0 atom stereocenters. The van der Waals surface area contributed by atoms with Gasteiger partial charge in [-0.15, -0.1) is 0 Å². The Morgan fingerprint density at radius 1 is 1.13 bits per heavy atom. The van der Waals surface area contributed by atoms with Gasteiger partial charge in [0.25, 0.3) is 0 Å². The molecule has 0 saturated heterocycles. The summed E-state index contributed by atoms with van der Waals surface area (Å²) in [5.74, 6) is 0. The molecule has 0 spiro atoms. The molecule has 0 fully saturated rings. The minimum absolute atomic E-state index is 0.965. The van der Waals surface area contributed by atoms with Crippen molar-refractivity contribution in [3.05, 3.63) is 72.4 Å². The smallest absolute Gasteiger partial charge is 0.0231 e. The highest BCUT2D eigenvalue weighted by Gasteiger charge is 1.96. The number of allylic oxidation sites excluding steroid dienone is 9. The summed E-state index contributed by atoms with van der Waals surface area (Å²) in [5.41, 5.74) is 4.27. The van der Waals surface area contributed by atoms with Gasteiger partial charge in [0.2, 0.25) is 0 Å². The van der Waals surface area contributed by atoms with E-state index in [4.69, 9.17) is 0 Å². The van der Waals surface area contributed by atoms with E-state index in [0.29, 0.717) is 0 Å². The first kappa shape index (κ1) is 13.4. The Kier molecular flexibility index (Phi) is 6.12. The van der Waals surface area contributed by atoms with Crippen LogP contribution in [0.15, 0.2) is 72.4 Å². The van der Waals surface area contributed by atoms with E-state index in [0.717, 1.165) is 16.7 Å². The molecule has 0 aliphatic carbocycles. The Hall–Kier alpha value is -1.56. The lowest BCUT2D eigenvalue weighted by Gasteiger charge is -2.04. The Morgan fingerprint density at radius 3 is 2.13 bits per heavy atom. The molecule has 0 rings (SSSR count). The second-order valence-corrected chi connectivity index (χ2v) is 3.49. The molecule has 0 saturated carbocycles. The van der Waals surface area contributed by atoms with E-state index >= 15 is 0 Å². The van der Waals surface area contributed by atoms with Gasteiger partial charge in [-0.2, -0.15) is 0 Å². The quantitative estimate of drug-likeness (QED) is 0.562. The van der Waals surface area contributed by atoms with Crippen LogP contribution in [0.1, 0.15) is 20.8 Å². The van der Waals surface area contributed by atoms with Crippen LogP contribution in [-0.2, 0) is 0 Å². The van der Waals surface area contributed by atoms with E-state index in [-0.39, 0.29) is 0 Å². The Bertz CT molecular complexity index is 346. The van der Waals surface area contributed by atoms with Gasteiger partial charge in [0.05, 0.1) is 0 Å². The molecule has 0 unspecified atom stereocenters. The Morgan fingerprint density at radius 2 is 1.73 bits per heavy atom. The molecule has 0 heteroatoms. The third-order valence-corrected chi connectivity index (χ3v) is 2.04. The summed E-state index contributed by atoms with van der Waals surface area (Å²) in [6.45, 7) is 17.5. The third kappa shape index (κ3) is 5.02. The van der Waals surface area contributed by atoms with E-state index in [1.165, 1.54) is 5.57 Å². The van der Waals surface area contributed by atoms with Gasteiger partial charge in [0, 0.05) is 0 Å². The van der Waals surface area contributed by atoms with E-state index in [1.54, 1.807) is 6.08 Å². The molecule has 0 radical (unpaired) electrons. The first-order chi connectivity index (χ1) is 7.02. The first-order valence-corrected chi connectivity index (χ1v) is 5.01. The van der Waals surface area contributed by atoms with Crippen molar-refractivity contribution in [1.82, 2.24) is 0 Å². The van der Waals surface area contributed by atoms with Crippen LogP contribution in [0.3, 0.4) is 0 Å². The lowest BCUT2D eigenvalue weighted by molar-refractivity contribution is 1.37. The molecule has 0 heterocycles. The summed E-state index contributed by atoms with van der Waals surface area (Å²) < 4.78 is 0. The summed E-state index contributed by atoms with van der Waals surface area (Å²) >= 11 is 0. The standard InChI is InChI=1S/C15H20/c1-7-9-15(10-8-2)14(6)11-13(5)12(3)4/h7-11H,1,3,5H2,2,4,6H3/b10-8-,14-11+,15-9+. The van der Waals surface area contributed by atoms with Gasteiger partial charge in [-0.3, -0.25) is 0 Å². The molecule has 0 amide bonds. The SMILES string of the molecule is C=C/C=C(\C=C/C)C(/C)=C/C(=C)C(=C)C. The topological polar surface area (TPSA) is 0 Å². The van der Waals surface area contributed by atoms with Crippen LogP contribution in [-0.4, -0.2) is 0 Å². The number of rotatable bonds is 5. The summed E-state index contributed by atoms with van der Waals surface area (Å²) in [6, 6.07) is 0. The fraction of sp³-hybridized carbons (Fsp3) is 0.200. The van der Waals surface area contributed by atoms with Crippen LogP contribution >= 0.6 is 0 Å². The van der Waals surface area contributed by atoms with Crippen molar-refractivity contribution in [2.24, 2.45) is 0 Å². The lowest BCUT2D eigenvalue weighted by atomic mass is 10.0. The van der Waals surface area contributed by atoms with Gasteiger partial charge in [-0.25, -0.2) is 0 Å². The predicted molar refractivity (Wildman–Crippen MR) is 70.8 cm³/mol. The van der Waals surface area contributed by atoms with Crippen molar-refractivity contribution >= 4 is 0 Å². The molecule has 15 heavy (non-hydrogen) atoms. The van der Waals surface area contributed by atoms with Crippen LogP contribution < -0.4 is 0 Å². The summed E-state index contributed by atoms with van der Waals surface area (Å²) in [5, 5.41) is 0. The molecule has 0 aromatic heterocycles. The maximum atomic E-state index is 3.94. The number of hydrogen-bond donors (Lipinski definition) is 0. The Labute approximate surface area is 93.7 Å². The second kappa shape index (κ2) is 6.83. The van der Waals surface area contributed by atoms with Crippen molar-refractivity contribution in [1.29, 1.82) is 0 Å². The summed E-state index contributed by atoms with van der Waals surface area (Å²) in [6.07, 6.45) is 9.88. The first-order valence-electron chi connectivity index (χ1n) is 5.01. The molecule has 0 aromatic rings. The van der Waals surface area contributed by atoms with Crippen molar-refractivity contribution < 1.29 is 0 Å². The summed E-state index contributed by atoms with van der Waals surface area (Å²) in [4.78, 5) is 0. The maximum absolute atomic E-state index is 3.94. The lowest BCUT2D eigenvalue weighted by Crippen LogP contribution is -1.84. The minimum Gasteiger partial charge on any atom is -0.0990 e. The van der Waals surface area contributed by atoms with E-state index in [1.807, 2.05) is 32.1 Å². The number of hydrogen-bond acceptors (Lipinski definition) is 0. The van der Waals surface area contributed by atoms with Gasteiger partial charge in [-0.1, -0.05) is 55.7 Å². The normalized spacial score (nSPS) is 13.0. The minimum atomic E-state index is 0.965. The molecule has 0 N–H and O–H groups in total. The van der Waals surface area contributed by atoms with Crippen LogP contribution in [0.2, 0.25) is 0 Å². The van der Waals surface area contributed by atoms with E-state index in [2.05, 4.69) is 32.7 Å². The maximum Gasteiger partial charge on any atom is -0.0231 e. The summed E-state index contributed by atoms with van der Waals surface area (Å²) in [7, 11) is 0. The highest BCUT2D eigenvalue weighted by molar-refractivity contribution is 5.46. The van der Waals surface area contributed by atoms with Crippen molar-refractivity contribution in [2.45, 2.75) is 20.8 Å². The fourth-order valence-electron chi connectivity index (χ4n) is 1.09. The van der Waals surface area contributed by atoms with Gasteiger partial charge in [-0.05, 0) is 37.5 Å². The average molecular weight is 200 g/mol. The highest BCUT2D eigenvalue weighted by Crippen LogP contribution is 2.16. The molecule has 80 valence electrons. The molecule has 0 bridgehead atoms. The van der Waals surface area contributed by atoms with Gasteiger partial charge >= 0.3 is 0 Å². The molecular formula is C15H20. The average Bonchev–Trinajstić information content (AvgIpc) is 2.17. The highest BCUT2D eigenvalue weighted by atomic mass is 14.0. The second-order valence-electron chi connectivity index (χ2n) is 3.49. The third-order valence-electron chi connectivity index (χ3n) is 2.04. The van der Waals surface area contributed by atoms with Gasteiger partial charge in [0.15, 0.2) is 0 Å². The van der Waals surface area contributed by atoms with Crippen molar-refractivity contribution in [2.75, 3.05) is 0 Å². The van der Waals surface area contributed by atoms with Gasteiger partial charge < -0.3 is 0 Å². The van der Waals surface area contributed by atoms with E-state index in [9.17, 15) is 0 Å². The van der Waals surface area contributed by atoms with E-state index < -0.39 is 0 Å². The molecular weight excluding hydrogens is 180 g/mol. The largest absolute Gasteiger partial charge is 0.0990 e. The predicted octanol–water partition coefficient (Wildman–Crippen LogP) is 4.75. The fourth-order valence-corrected chi connectivity index (χ4v) is 1.09. The zero-order valence-electron chi connectivity index (χ0n) is 10.0. The van der Waals surface area contributed by atoms with Crippen molar-refractivity contribution in [3.8, 4) is 0 Å². The van der Waals surface area contributed by atoms with Crippen LogP contribution in [0, 0.1) is 0 Å². The molecule has 0 aliphatic rings. The zero-order valence-corrected chi connectivity index (χ0v) is 10.0.